The Morgan fingerprint density at radius 3 is 2.17 bits per heavy atom. The maximum Gasteiger partial charge on any atom is 0.295 e. The van der Waals surface area contributed by atoms with E-state index < -0.39 is 0 Å². The summed E-state index contributed by atoms with van der Waals surface area (Å²) in [4.78, 5) is 26.6. The van der Waals surface area contributed by atoms with Crippen molar-refractivity contribution in [2.24, 2.45) is 0 Å². The Morgan fingerprint density at radius 2 is 1.49 bits per heavy atom. The van der Waals surface area contributed by atoms with Crippen LogP contribution in [0.1, 0.15) is 135 Å². The van der Waals surface area contributed by atoms with Gasteiger partial charge in [0.25, 0.3) is 5.82 Å². The molecule has 1 amide bonds. The fourth-order valence-electron chi connectivity index (χ4n) is 5.53. The van der Waals surface area contributed by atoms with Gasteiger partial charge in [0.05, 0.1) is 17.3 Å². The van der Waals surface area contributed by atoms with E-state index in [1.54, 1.807) is 0 Å². The van der Waals surface area contributed by atoms with Crippen LogP contribution in [0.15, 0.2) is 24.3 Å². The van der Waals surface area contributed by atoms with E-state index in [0.717, 1.165) is 72.7 Å². The van der Waals surface area contributed by atoms with Gasteiger partial charge in [-0.3, -0.25) is 4.79 Å². The molecule has 0 aliphatic carbocycles. The minimum Gasteiger partial charge on any atom is -0.380 e. The number of para-hydroxylation sites is 1. The van der Waals surface area contributed by atoms with Crippen molar-refractivity contribution in [1.29, 1.82) is 0 Å². The summed E-state index contributed by atoms with van der Waals surface area (Å²) in [6.45, 7) is 5.73. The topological polar surface area (TPSA) is 96.9 Å². The molecule has 7 nitrogen and oxygen atoms in total. The average molecular weight is 567 g/mol. The molecule has 1 aromatic carbocycles. The highest BCUT2D eigenvalue weighted by atomic mass is 16.7. The predicted octanol–water partition coefficient (Wildman–Crippen LogP) is 7.73. The molecule has 0 radical (unpaired) electrons. The first-order chi connectivity index (χ1) is 20.2. The SMILES string of the molecule is CCCCCCCCCCCCCCCC(=O)NCCCCO[n+]1c(CCCC)[nH]c2c(N)nc3ccccc3c21. The highest BCUT2D eigenvalue weighted by Crippen LogP contribution is 2.25. The molecule has 0 saturated carbocycles. The zero-order chi connectivity index (χ0) is 29.1. The average Bonchev–Trinajstić information content (AvgIpc) is 3.35. The van der Waals surface area contributed by atoms with Gasteiger partial charge in [0, 0.05) is 13.0 Å². The monoisotopic (exact) mass is 566 g/mol. The zero-order valence-corrected chi connectivity index (χ0v) is 25.9. The fourth-order valence-corrected chi connectivity index (χ4v) is 5.53. The van der Waals surface area contributed by atoms with Crippen LogP contribution in [0.3, 0.4) is 0 Å². The van der Waals surface area contributed by atoms with E-state index in [4.69, 9.17) is 10.6 Å². The van der Waals surface area contributed by atoms with Crippen molar-refractivity contribution >= 4 is 33.7 Å². The number of nitrogens with one attached hydrogen (secondary N) is 2. The number of aromatic nitrogens is 3. The number of nitrogen functional groups attached to an aromatic ring is 1. The fraction of sp³-hybridized carbons (Fsp3) is 0.676. The number of hydrogen-bond donors (Lipinski definition) is 3. The number of aromatic amines is 1. The molecule has 0 saturated heterocycles. The molecule has 3 rings (SSSR count). The van der Waals surface area contributed by atoms with Gasteiger partial charge < -0.3 is 15.9 Å². The number of aryl methyl sites for hydroxylation is 1. The molecule has 0 aliphatic heterocycles. The van der Waals surface area contributed by atoms with Crippen LogP contribution in [0.2, 0.25) is 0 Å². The number of benzene rings is 1. The summed E-state index contributed by atoms with van der Waals surface area (Å²) in [6.07, 6.45) is 22.6. The van der Waals surface area contributed by atoms with Crippen molar-refractivity contribution in [2.45, 2.75) is 136 Å². The lowest BCUT2D eigenvalue weighted by atomic mass is 10.0. The van der Waals surface area contributed by atoms with Gasteiger partial charge in [-0.2, -0.15) is 0 Å². The Balaban J connectivity index is 1.28. The summed E-state index contributed by atoms with van der Waals surface area (Å²) in [6, 6.07) is 8.04. The standard InChI is InChI=1S/C34H55N5O2/c1-3-5-7-8-9-10-11-12-13-14-15-16-17-25-31(40)36-26-20-21-27-41-39-30(24-6-4-2)38-32-33(39)28-22-18-19-23-29(28)37-34(32)35/h18-19,22-23H,3-17,20-21,24-27H2,1-2H3,(H3,35,36,37,40)/p+1. The number of rotatable bonds is 23. The van der Waals surface area contributed by atoms with Crippen molar-refractivity contribution in [3.8, 4) is 0 Å². The molecule has 41 heavy (non-hydrogen) atoms. The van der Waals surface area contributed by atoms with Crippen LogP contribution in [0.5, 0.6) is 0 Å². The molecule has 0 atom stereocenters. The molecule has 0 unspecified atom stereocenters. The van der Waals surface area contributed by atoms with Crippen LogP contribution in [0.4, 0.5) is 5.82 Å². The summed E-state index contributed by atoms with van der Waals surface area (Å²) >= 11 is 0. The summed E-state index contributed by atoms with van der Waals surface area (Å²) < 4.78 is 1.93. The number of carbonyl (C=O) groups is 1. The number of fused-ring (bicyclic) bond motifs is 3. The molecular weight excluding hydrogens is 510 g/mol. The molecule has 2 heterocycles. The summed E-state index contributed by atoms with van der Waals surface area (Å²) in [7, 11) is 0. The highest BCUT2D eigenvalue weighted by molar-refractivity contribution is 6.04. The second-order valence-electron chi connectivity index (χ2n) is 11.6. The molecule has 2 aromatic heterocycles. The molecule has 0 bridgehead atoms. The van der Waals surface area contributed by atoms with Crippen molar-refractivity contribution in [2.75, 3.05) is 18.9 Å². The third-order valence-corrected chi connectivity index (χ3v) is 8.00. The second-order valence-corrected chi connectivity index (χ2v) is 11.6. The summed E-state index contributed by atoms with van der Waals surface area (Å²) in [5, 5.41) is 4.11. The smallest absolute Gasteiger partial charge is 0.295 e. The number of hydrogen-bond acceptors (Lipinski definition) is 4. The Kier molecular flexibility index (Phi) is 15.4. The second kappa shape index (κ2) is 19.3. The first-order valence-corrected chi connectivity index (χ1v) is 16.7. The van der Waals surface area contributed by atoms with Gasteiger partial charge in [-0.05, 0) is 42.5 Å². The predicted molar refractivity (Wildman–Crippen MR) is 171 cm³/mol. The number of amides is 1. The molecule has 0 aliphatic rings. The normalized spacial score (nSPS) is 11.5. The minimum absolute atomic E-state index is 0.177. The van der Waals surface area contributed by atoms with Crippen LogP contribution < -0.4 is 20.6 Å². The van der Waals surface area contributed by atoms with Crippen LogP contribution in [0.25, 0.3) is 21.9 Å². The third-order valence-electron chi connectivity index (χ3n) is 8.00. The van der Waals surface area contributed by atoms with Crippen molar-refractivity contribution in [3.63, 3.8) is 0 Å². The van der Waals surface area contributed by atoms with Crippen LogP contribution in [0, 0.1) is 0 Å². The lowest BCUT2D eigenvalue weighted by Gasteiger charge is -2.07. The number of unbranched alkanes of at least 4 members (excludes halogenated alkanes) is 14. The molecule has 7 heteroatoms. The Hall–Kier alpha value is -2.83. The first kappa shape index (κ1) is 32.7. The minimum atomic E-state index is 0.177. The van der Waals surface area contributed by atoms with Crippen molar-refractivity contribution in [3.05, 3.63) is 30.1 Å². The number of anilines is 1. The lowest BCUT2D eigenvalue weighted by molar-refractivity contribution is -0.875. The maximum atomic E-state index is 12.2. The van der Waals surface area contributed by atoms with Gasteiger partial charge in [-0.1, -0.05) is 109 Å². The number of imidazole rings is 1. The van der Waals surface area contributed by atoms with Gasteiger partial charge in [-0.25, -0.2) is 9.97 Å². The van der Waals surface area contributed by atoms with Gasteiger partial charge >= 0.3 is 0 Å². The molecule has 3 aromatic rings. The van der Waals surface area contributed by atoms with Crippen molar-refractivity contribution < 1.29 is 14.4 Å². The lowest BCUT2D eigenvalue weighted by Crippen LogP contribution is -2.46. The molecule has 0 spiro atoms. The van der Waals surface area contributed by atoms with E-state index in [9.17, 15) is 4.79 Å². The molecule has 228 valence electrons. The largest absolute Gasteiger partial charge is 0.380 e. The zero-order valence-electron chi connectivity index (χ0n) is 25.9. The number of carbonyl (C=O) groups excluding carboxylic acids is 1. The van der Waals surface area contributed by atoms with Gasteiger partial charge in [0.1, 0.15) is 6.61 Å². The van der Waals surface area contributed by atoms with Crippen molar-refractivity contribution in [1.82, 2.24) is 15.3 Å². The van der Waals surface area contributed by atoms with Gasteiger partial charge in [0.15, 0.2) is 5.82 Å². The molecule has 0 fully saturated rings. The number of nitrogens with zero attached hydrogens (tertiary/aromatic N) is 2. The Morgan fingerprint density at radius 1 is 0.854 bits per heavy atom. The van der Waals surface area contributed by atoms with Gasteiger partial charge in [0.2, 0.25) is 16.9 Å². The van der Waals surface area contributed by atoms with Crippen LogP contribution >= 0.6 is 0 Å². The summed E-state index contributed by atoms with van der Waals surface area (Å²) in [5.41, 5.74) is 8.94. The maximum absolute atomic E-state index is 12.2. The van der Waals surface area contributed by atoms with E-state index in [1.807, 2.05) is 22.9 Å². The van der Waals surface area contributed by atoms with Crippen LogP contribution in [-0.2, 0) is 11.2 Å². The Labute approximate surface area is 248 Å². The molecular formula is C34H56N5O2+. The van der Waals surface area contributed by atoms with Gasteiger partial charge in [-0.15, -0.1) is 0 Å². The van der Waals surface area contributed by atoms with E-state index in [-0.39, 0.29) is 5.91 Å². The van der Waals surface area contributed by atoms with E-state index >= 15 is 0 Å². The number of H-pyrrole nitrogens is 1. The third kappa shape index (κ3) is 11.2. The van der Waals surface area contributed by atoms with E-state index in [2.05, 4.69) is 35.2 Å². The van der Waals surface area contributed by atoms with E-state index in [1.165, 1.54) is 70.6 Å². The quantitative estimate of drug-likeness (QED) is 0.0808. The Bertz CT molecular complexity index is 1160. The number of pyridine rings is 1. The molecule has 4 N–H and O–H groups in total. The van der Waals surface area contributed by atoms with E-state index in [0.29, 0.717) is 25.4 Å². The highest BCUT2D eigenvalue weighted by Gasteiger charge is 2.25. The number of nitrogens with two attached hydrogens (primary N) is 1. The summed E-state index contributed by atoms with van der Waals surface area (Å²) in [5.74, 6) is 1.68. The van der Waals surface area contributed by atoms with Crippen LogP contribution in [-0.4, -0.2) is 29.0 Å². The first-order valence-electron chi connectivity index (χ1n) is 16.7.